The van der Waals surface area contributed by atoms with Gasteiger partial charge in [-0.3, -0.25) is 9.59 Å². The summed E-state index contributed by atoms with van der Waals surface area (Å²) in [6, 6.07) is 12.1. The van der Waals surface area contributed by atoms with E-state index in [1.807, 2.05) is 53.3 Å². The zero-order valence-electron chi connectivity index (χ0n) is 19.3. The van der Waals surface area contributed by atoms with Gasteiger partial charge in [0, 0.05) is 12.6 Å². The zero-order chi connectivity index (χ0) is 23.0. The molecule has 1 N–H and O–H groups in total. The molecule has 1 saturated carbocycles. The first-order chi connectivity index (χ1) is 16.0. The van der Waals surface area contributed by atoms with Gasteiger partial charge in [0.15, 0.2) is 0 Å². The summed E-state index contributed by atoms with van der Waals surface area (Å²) in [6.45, 7) is 5.49. The first-order valence-corrected chi connectivity index (χ1v) is 12.8. The smallest absolute Gasteiger partial charge is 0.271 e. The monoisotopic (exact) mass is 465 g/mol. The van der Waals surface area contributed by atoms with E-state index in [0.717, 1.165) is 53.6 Å². The summed E-state index contributed by atoms with van der Waals surface area (Å²) in [6.07, 6.45) is 5.27. The minimum Gasteiger partial charge on any atom is -0.494 e. The summed E-state index contributed by atoms with van der Waals surface area (Å²) >= 11 is 1.62. The summed E-state index contributed by atoms with van der Waals surface area (Å²) in [4.78, 5) is 29.2. The quantitative estimate of drug-likeness (QED) is 0.536. The van der Waals surface area contributed by atoms with E-state index in [4.69, 9.17) is 4.74 Å². The van der Waals surface area contributed by atoms with Crippen LogP contribution in [0.2, 0.25) is 0 Å². The Balaban J connectivity index is 1.47. The molecule has 0 spiro atoms. The van der Waals surface area contributed by atoms with E-state index >= 15 is 0 Å². The molecule has 0 saturated heterocycles. The molecule has 6 nitrogen and oxygen atoms in total. The largest absolute Gasteiger partial charge is 0.494 e. The Hall–Kier alpha value is -2.80. The average molecular weight is 466 g/mol. The molecule has 3 aromatic rings. The van der Waals surface area contributed by atoms with Crippen LogP contribution in [-0.4, -0.2) is 39.5 Å². The molecule has 2 aliphatic rings. The number of fused-ring (bicyclic) bond motifs is 3. The Morgan fingerprint density at radius 3 is 2.70 bits per heavy atom. The van der Waals surface area contributed by atoms with E-state index < -0.39 is 5.54 Å². The van der Waals surface area contributed by atoms with Crippen molar-refractivity contribution in [1.82, 2.24) is 14.8 Å². The highest BCUT2D eigenvalue weighted by molar-refractivity contribution is 7.17. The number of nitrogens with zero attached hydrogens (tertiary/aromatic N) is 2. The van der Waals surface area contributed by atoms with E-state index in [1.54, 1.807) is 16.2 Å². The third-order valence-electron chi connectivity index (χ3n) is 6.97. The third-order valence-corrected chi connectivity index (χ3v) is 7.82. The molecule has 0 bridgehead atoms. The van der Waals surface area contributed by atoms with Crippen LogP contribution in [0, 0.1) is 0 Å². The number of carbonyl (C=O) groups excluding carboxylic acids is 2. The summed E-state index contributed by atoms with van der Waals surface area (Å²) in [7, 11) is 0. The van der Waals surface area contributed by atoms with Gasteiger partial charge >= 0.3 is 0 Å². The normalized spacial score (nSPS) is 20.9. The first-order valence-electron chi connectivity index (χ1n) is 11.9. The third kappa shape index (κ3) is 4.03. The van der Waals surface area contributed by atoms with Crippen molar-refractivity contribution < 1.29 is 14.3 Å². The predicted molar refractivity (Wildman–Crippen MR) is 131 cm³/mol. The number of thiophene rings is 1. The molecule has 5 rings (SSSR count). The second-order valence-corrected chi connectivity index (χ2v) is 10.3. The van der Waals surface area contributed by atoms with Gasteiger partial charge in [-0.15, -0.1) is 11.3 Å². The minimum absolute atomic E-state index is 0.0617. The fourth-order valence-electron chi connectivity index (χ4n) is 5.03. The second-order valence-electron chi connectivity index (χ2n) is 9.40. The van der Waals surface area contributed by atoms with Crippen LogP contribution in [0.5, 0.6) is 5.75 Å². The Labute approximate surface area is 198 Å². The maximum Gasteiger partial charge on any atom is 0.271 e. The molecular formula is C26H31N3O3S. The van der Waals surface area contributed by atoms with E-state index in [9.17, 15) is 9.59 Å². The van der Waals surface area contributed by atoms with Gasteiger partial charge in [-0.1, -0.05) is 31.9 Å². The number of nitrogens with one attached hydrogen (secondary N) is 1. The standard InChI is InChI=1S/C26H31N3O3S/c1-3-13-32-20-10-8-18(9-11-20)16-29-24(30)22-15-23-21(12-14-33-23)28(22)17-26(29,2)25(31)27-19-6-4-5-7-19/h8-12,14-15,19H,3-7,13,16-17H2,1-2H3,(H,27,31)/t26-/m0/s1. The van der Waals surface area contributed by atoms with Crippen molar-refractivity contribution in [3.63, 3.8) is 0 Å². The topological polar surface area (TPSA) is 63.6 Å². The van der Waals surface area contributed by atoms with Crippen LogP contribution in [0.25, 0.3) is 10.2 Å². The van der Waals surface area contributed by atoms with E-state index in [-0.39, 0.29) is 17.9 Å². The number of amides is 2. The molecule has 1 aliphatic carbocycles. The lowest BCUT2D eigenvalue weighted by Gasteiger charge is -2.44. The summed E-state index contributed by atoms with van der Waals surface area (Å²) < 4.78 is 8.81. The molecule has 33 heavy (non-hydrogen) atoms. The van der Waals surface area contributed by atoms with Crippen molar-refractivity contribution in [1.29, 1.82) is 0 Å². The molecule has 2 amide bonds. The lowest BCUT2D eigenvalue weighted by molar-refractivity contribution is -0.133. The number of carbonyl (C=O) groups is 2. The van der Waals surface area contributed by atoms with Crippen LogP contribution in [-0.2, 0) is 17.9 Å². The van der Waals surface area contributed by atoms with Crippen molar-refractivity contribution in [2.24, 2.45) is 0 Å². The van der Waals surface area contributed by atoms with Crippen molar-refractivity contribution in [3.05, 3.63) is 53.0 Å². The Bertz CT molecular complexity index is 1160. The number of rotatable bonds is 7. The molecular weight excluding hydrogens is 434 g/mol. The fourth-order valence-corrected chi connectivity index (χ4v) is 5.85. The molecule has 3 heterocycles. The summed E-state index contributed by atoms with van der Waals surface area (Å²) in [5.74, 6) is 0.662. The van der Waals surface area contributed by atoms with Crippen molar-refractivity contribution in [3.8, 4) is 5.75 Å². The molecule has 0 radical (unpaired) electrons. The average Bonchev–Trinajstić information content (AvgIpc) is 3.55. The van der Waals surface area contributed by atoms with Crippen molar-refractivity contribution in [2.45, 2.75) is 70.6 Å². The number of aromatic nitrogens is 1. The van der Waals surface area contributed by atoms with Gasteiger partial charge in [0.25, 0.3) is 5.91 Å². The predicted octanol–water partition coefficient (Wildman–Crippen LogP) is 4.97. The van der Waals surface area contributed by atoms with E-state index in [1.165, 1.54) is 0 Å². The van der Waals surface area contributed by atoms with Gasteiger partial charge in [0.05, 0.1) is 23.4 Å². The fraction of sp³-hybridized carbons (Fsp3) is 0.462. The Morgan fingerprint density at radius 1 is 1.21 bits per heavy atom. The Morgan fingerprint density at radius 2 is 1.97 bits per heavy atom. The van der Waals surface area contributed by atoms with Crippen LogP contribution in [0.15, 0.2) is 41.8 Å². The van der Waals surface area contributed by atoms with Gasteiger partial charge in [-0.25, -0.2) is 0 Å². The molecule has 1 aliphatic heterocycles. The summed E-state index contributed by atoms with van der Waals surface area (Å²) in [5.41, 5.74) is 1.69. The molecule has 0 unspecified atom stereocenters. The molecule has 1 atom stereocenters. The second kappa shape index (κ2) is 8.86. The zero-order valence-corrected chi connectivity index (χ0v) is 20.1. The lowest BCUT2D eigenvalue weighted by Crippen LogP contribution is -2.64. The lowest BCUT2D eigenvalue weighted by atomic mass is 9.93. The van der Waals surface area contributed by atoms with Gasteiger partial charge < -0.3 is 19.5 Å². The van der Waals surface area contributed by atoms with Gasteiger partial charge in [0.2, 0.25) is 5.91 Å². The van der Waals surface area contributed by atoms with Crippen LogP contribution < -0.4 is 10.1 Å². The van der Waals surface area contributed by atoms with Gasteiger partial charge in [0.1, 0.15) is 17.0 Å². The molecule has 1 fully saturated rings. The summed E-state index contributed by atoms with van der Waals surface area (Å²) in [5, 5.41) is 5.29. The maximum absolute atomic E-state index is 13.8. The highest BCUT2D eigenvalue weighted by Gasteiger charge is 2.48. The number of hydrogen-bond acceptors (Lipinski definition) is 4. The van der Waals surface area contributed by atoms with Crippen LogP contribution in [0.3, 0.4) is 0 Å². The van der Waals surface area contributed by atoms with Crippen LogP contribution in [0.1, 0.15) is 62.0 Å². The number of hydrogen-bond donors (Lipinski definition) is 1. The van der Waals surface area contributed by atoms with E-state index in [0.29, 0.717) is 25.4 Å². The molecule has 174 valence electrons. The van der Waals surface area contributed by atoms with Gasteiger partial charge in [-0.05, 0) is 61.4 Å². The van der Waals surface area contributed by atoms with Gasteiger partial charge in [-0.2, -0.15) is 0 Å². The van der Waals surface area contributed by atoms with E-state index in [2.05, 4.69) is 12.2 Å². The SMILES string of the molecule is CCCOc1ccc(CN2C(=O)c3cc4sccc4n3C[C@@]2(C)C(=O)NC2CCCC2)cc1. The molecule has 1 aromatic carbocycles. The minimum atomic E-state index is -0.974. The highest BCUT2D eigenvalue weighted by atomic mass is 32.1. The molecule has 7 heteroatoms. The molecule has 2 aromatic heterocycles. The van der Waals surface area contributed by atoms with Crippen molar-refractivity contribution >= 4 is 33.4 Å². The maximum atomic E-state index is 13.8. The first kappa shape index (κ1) is 22.0. The van der Waals surface area contributed by atoms with Crippen LogP contribution >= 0.6 is 11.3 Å². The van der Waals surface area contributed by atoms with Crippen molar-refractivity contribution in [2.75, 3.05) is 6.61 Å². The number of ether oxygens (including phenoxy) is 1. The Kier molecular flexibility index (Phi) is 5.91. The van der Waals surface area contributed by atoms with Crippen LogP contribution in [0.4, 0.5) is 0 Å². The number of benzene rings is 1. The highest BCUT2D eigenvalue weighted by Crippen LogP contribution is 2.35.